The highest BCUT2D eigenvalue weighted by Gasteiger charge is 2.39. The van der Waals surface area contributed by atoms with Gasteiger partial charge in [0.15, 0.2) is 5.69 Å². The predicted octanol–water partition coefficient (Wildman–Crippen LogP) is 3.91. The van der Waals surface area contributed by atoms with E-state index in [2.05, 4.69) is 34.1 Å². The Morgan fingerprint density at radius 3 is 2.38 bits per heavy atom. The lowest BCUT2D eigenvalue weighted by atomic mass is 10.1. The number of amides is 1. The van der Waals surface area contributed by atoms with Crippen molar-refractivity contribution in [2.24, 2.45) is 5.92 Å². The number of nitrogens with one attached hydrogen (secondary N) is 2. The molecule has 34 heavy (non-hydrogen) atoms. The van der Waals surface area contributed by atoms with E-state index in [9.17, 15) is 22.8 Å². The lowest BCUT2D eigenvalue weighted by molar-refractivity contribution is -0.141. The first-order valence-corrected chi connectivity index (χ1v) is 11.1. The van der Waals surface area contributed by atoms with Crippen molar-refractivity contribution in [3.05, 3.63) is 60.1 Å². The maximum absolute atomic E-state index is 13.1. The maximum Gasteiger partial charge on any atom is 0.435 e. The molecule has 7 nitrogen and oxygen atoms in total. The lowest BCUT2D eigenvalue weighted by Crippen LogP contribution is -2.31. The minimum Gasteiger partial charge on any atom is -0.378 e. The number of aldehydes is 1. The summed E-state index contributed by atoms with van der Waals surface area (Å²) in [5.41, 5.74) is -0.150. The largest absolute Gasteiger partial charge is 0.435 e. The van der Waals surface area contributed by atoms with Gasteiger partial charge in [0.1, 0.15) is 6.29 Å². The number of hydrogen-bond donors (Lipinski definition) is 2. The van der Waals surface area contributed by atoms with Gasteiger partial charge in [-0.25, -0.2) is 4.68 Å². The fourth-order valence-corrected chi connectivity index (χ4v) is 2.88. The molecule has 0 aliphatic rings. The lowest BCUT2D eigenvalue weighted by Gasteiger charge is -2.23. The van der Waals surface area contributed by atoms with Gasteiger partial charge < -0.3 is 20.3 Å². The molecular formula is C24H34F3N5O2. The number of carbonyl (C=O) groups excluding carboxylic acids is 2. The van der Waals surface area contributed by atoms with Crippen molar-refractivity contribution in [2.75, 3.05) is 33.7 Å². The number of allylic oxidation sites excluding steroid dienone is 1. The van der Waals surface area contributed by atoms with E-state index in [1.807, 2.05) is 14.0 Å². The van der Waals surface area contributed by atoms with Gasteiger partial charge in [-0.3, -0.25) is 4.79 Å². The molecule has 0 bridgehead atoms. The number of benzene rings is 1. The van der Waals surface area contributed by atoms with Gasteiger partial charge >= 0.3 is 6.18 Å². The first-order valence-electron chi connectivity index (χ1n) is 11.1. The van der Waals surface area contributed by atoms with Crippen LogP contribution in [0.3, 0.4) is 0 Å². The van der Waals surface area contributed by atoms with Gasteiger partial charge in [-0.15, -0.1) is 0 Å². The number of aromatic nitrogens is 2. The third-order valence-corrected chi connectivity index (χ3v) is 5.08. The van der Waals surface area contributed by atoms with E-state index in [1.165, 1.54) is 0 Å². The minimum absolute atomic E-state index is 0.151. The van der Waals surface area contributed by atoms with Gasteiger partial charge in [0, 0.05) is 44.5 Å². The molecule has 1 amide bonds. The van der Waals surface area contributed by atoms with Gasteiger partial charge in [0.25, 0.3) is 5.91 Å². The van der Waals surface area contributed by atoms with Crippen LogP contribution in [0.5, 0.6) is 0 Å². The molecular weight excluding hydrogens is 447 g/mol. The van der Waals surface area contributed by atoms with Gasteiger partial charge in [-0.1, -0.05) is 38.6 Å². The van der Waals surface area contributed by atoms with Crippen molar-refractivity contribution in [3.8, 4) is 5.69 Å². The fourth-order valence-electron chi connectivity index (χ4n) is 2.88. The number of likely N-dealkylation sites (N-methyl/N-ethyl adjacent to an activating group) is 1. The number of para-hydroxylation sites is 1. The van der Waals surface area contributed by atoms with E-state index in [1.54, 1.807) is 37.4 Å². The monoisotopic (exact) mass is 481 g/mol. The maximum atomic E-state index is 13.1. The topological polar surface area (TPSA) is 79.3 Å². The number of nitrogens with zero attached hydrogens (tertiary/aromatic N) is 3. The smallest absolute Gasteiger partial charge is 0.378 e. The number of halogens is 3. The highest BCUT2D eigenvalue weighted by Crippen LogP contribution is 2.31. The van der Waals surface area contributed by atoms with Crippen LogP contribution in [-0.2, 0) is 11.0 Å². The third kappa shape index (κ3) is 9.01. The van der Waals surface area contributed by atoms with E-state index in [-0.39, 0.29) is 12.5 Å². The second-order valence-corrected chi connectivity index (χ2v) is 7.63. The number of rotatable bonds is 11. The third-order valence-electron chi connectivity index (χ3n) is 5.08. The molecule has 1 aromatic carbocycles. The van der Waals surface area contributed by atoms with Crippen LogP contribution < -0.4 is 10.6 Å². The minimum atomic E-state index is -4.70. The van der Waals surface area contributed by atoms with Crippen molar-refractivity contribution in [3.63, 3.8) is 0 Å². The van der Waals surface area contributed by atoms with Crippen molar-refractivity contribution >= 4 is 12.2 Å². The Balaban J connectivity index is 0.000000411. The van der Waals surface area contributed by atoms with Gasteiger partial charge in [0.05, 0.1) is 11.3 Å². The highest BCUT2D eigenvalue weighted by atomic mass is 19.4. The summed E-state index contributed by atoms with van der Waals surface area (Å²) in [7, 11) is 3.67. The van der Waals surface area contributed by atoms with E-state index in [0.29, 0.717) is 12.2 Å². The molecule has 2 N–H and O–H groups in total. The molecule has 2 rings (SSSR count). The van der Waals surface area contributed by atoms with E-state index < -0.39 is 23.3 Å². The Bertz CT molecular complexity index is 913. The Hall–Kier alpha value is -3.14. The Kier molecular flexibility index (Phi) is 12.1. The number of carbonyl (C=O) groups is 2. The summed E-state index contributed by atoms with van der Waals surface area (Å²) in [6.07, 6.45) is -0.724. The molecule has 1 atom stereocenters. The molecule has 1 heterocycles. The number of hydrogen-bond acceptors (Lipinski definition) is 5. The molecule has 1 unspecified atom stereocenters. The second-order valence-electron chi connectivity index (χ2n) is 7.63. The zero-order chi connectivity index (χ0) is 25.7. The van der Waals surface area contributed by atoms with Crippen LogP contribution in [0.4, 0.5) is 13.2 Å². The summed E-state index contributed by atoms with van der Waals surface area (Å²) in [4.78, 5) is 24.5. The average molecular weight is 482 g/mol. The molecule has 0 radical (unpaired) electrons. The first-order chi connectivity index (χ1) is 16.1. The van der Waals surface area contributed by atoms with Crippen molar-refractivity contribution in [2.45, 2.75) is 32.9 Å². The molecule has 2 aromatic rings. The Labute approximate surface area is 199 Å². The van der Waals surface area contributed by atoms with E-state index in [4.69, 9.17) is 0 Å². The Morgan fingerprint density at radius 1 is 1.24 bits per heavy atom. The molecule has 0 spiro atoms. The van der Waals surface area contributed by atoms with Gasteiger partial charge in [0.2, 0.25) is 0 Å². The summed E-state index contributed by atoms with van der Waals surface area (Å²) >= 11 is 0. The molecule has 0 saturated carbocycles. The van der Waals surface area contributed by atoms with Crippen LogP contribution in [0.15, 0.2) is 48.8 Å². The molecule has 0 saturated heterocycles. The second kappa shape index (κ2) is 14.2. The van der Waals surface area contributed by atoms with Crippen LogP contribution >= 0.6 is 0 Å². The van der Waals surface area contributed by atoms with Crippen LogP contribution in [0.2, 0.25) is 0 Å². The molecule has 1 aromatic heterocycles. The van der Waals surface area contributed by atoms with Crippen LogP contribution in [0, 0.1) is 5.92 Å². The quantitative estimate of drug-likeness (QED) is 0.376. The van der Waals surface area contributed by atoms with Crippen molar-refractivity contribution < 1.29 is 22.8 Å². The zero-order valence-electron chi connectivity index (χ0n) is 20.2. The summed E-state index contributed by atoms with van der Waals surface area (Å²) in [5.74, 6) is -0.650. The van der Waals surface area contributed by atoms with Crippen LogP contribution in [0.25, 0.3) is 5.69 Å². The van der Waals surface area contributed by atoms with E-state index in [0.717, 1.165) is 42.2 Å². The SMILES string of the molecule is C=C(CC)N(C)CC(C=O)CC.CNCCNC(=O)c1cn(-c2ccccc2)nc1C(F)(F)F. The molecule has 0 aliphatic carbocycles. The Morgan fingerprint density at radius 2 is 1.88 bits per heavy atom. The molecule has 188 valence electrons. The predicted molar refractivity (Wildman–Crippen MR) is 127 cm³/mol. The summed E-state index contributed by atoms with van der Waals surface area (Å²) in [6.45, 7) is 9.49. The van der Waals surface area contributed by atoms with E-state index >= 15 is 0 Å². The van der Waals surface area contributed by atoms with Crippen LogP contribution in [0.1, 0.15) is 42.7 Å². The van der Waals surface area contributed by atoms with Crippen molar-refractivity contribution in [1.82, 2.24) is 25.3 Å². The standard InChI is InChI=1S/C14H15F3N4O.C10H19NO/c1-18-7-8-19-13(22)11-9-21(10-5-3-2-4-6-10)20-12(11)14(15,16)17;1-5-9(3)11(4)7-10(6-2)8-12/h2-6,9,18H,7-8H2,1H3,(H,19,22);8,10H,3,5-7H2,1-2,4H3. The summed E-state index contributed by atoms with van der Waals surface area (Å²) in [6, 6.07) is 8.31. The molecule has 0 fully saturated rings. The van der Waals surface area contributed by atoms with Crippen LogP contribution in [-0.4, -0.2) is 60.6 Å². The zero-order valence-corrected chi connectivity index (χ0v) is 20.2. The van der Waals surface area contributed by atoms with Gasteiger partial charge in [-0.05, 0) is 32.0 Å². The average Bonchev–Trinajstić information content (AvgIpc) is 3.29. The first kappa shape index (κ1) is 28.9. The summed E-state index contributed by atoms with van der Waals surface area (Å²) in [5, 5.41) is 8.73. The summed E-state index contributed by atoms with van der Waals surface area (Å²) < 4.78 is 40.2. The number of alkyl halides is 3. The molecule has 10 heteroatoms. The van der Waals surface area contributed by atoms with Crippen molar-refractivity contribution in [1.29, 1.82) is 0 Å². The van der Waals surface area contributed by atoms with Gasteiger partial charge in [-0.2, -0.15) is 18.3 Å². The highest BCUT2D eigenvalue weighted by molar-refractivity contribution is 5.95. The normalized spacial score (nSPS) is 11.7. The fraction of sp³-hybridized carbons (Fsp3) is 0.458. The molecule has 0 aliphatic heterocycles.